The molecule has 1 aliphatic carbocycles. The molecular weight excluding hydrogens is 364 g/mol. The van der Waals surface area contributed by atoms with Gasteiger partial charge in [0.25, 0.3) is 0 Å². The van der Waals surface area contributed by atoms with Crippen LogP contribution in [0.15, 0.2) is 39.8 Å². The molecule has 8 heteroatoms. The standard InChI is InChI=1S/C18H20N6S2/c1-2-6-14(7-3-1)24-15(12-23-10-4-5-11-23)20-21-17(24)25-18-19-16(22-26-18)13-8-9-13/h1-3,6-7,13H,4-5,8-12H2. The number of para-hydroxylation sites is 1. The van der Waals surface area contributed by atoms with E-state index in [1.807, 2.05) is 6.07 Å². The van der Waals surface area contributed by atoms with E-state index in [-0.39, 0.29) is 0 Å². The minimum atomic E-state index is 0.582. The summed E-state index contributed by atoms with van der Waals surface area (Å²) in [5, 5.41) is 9.87. The van der Waals surface area contributed by atoms with Gasteiger partial charge in [-0.3, -0.25) is 9.47 Å². The monoisotopic (exact) mass is 384 g/mol. The van der Waals surface area contributed by atoms with Crippen molar-refractivity contribution in [1.82, 2.24) is 29.0 Å². The highest BCUT2D eigenvalue weighted by molar-refractivity contribution is 8.00. The Kier molecular flexibility index (Phi) is 4.48. The second-order valence-corrected chi connectivity index (χ2v) is 8.81. The van der Waals surface area contributed by atoms with Crippen LogP contribution >= 0.6 is 23.3 Å². The van der Waals surface area contributed by atoms with Gasteiger partial charge in [-0.05, 0) is 74.2 Å². The van der Waals surface area contributed by atoms with Crippen LogP contribution < -0.4 is 0 Å². The summed E-state index contributed by atoms with van der Waals surface area (Å²) in [5.41, 5.74) is 1.10. The van der Waals surface area contributed by atoms with Gasteiger partial charge in [0, 0.05) is 11.6 Å². The van der Waals surface area contributed by atoms with Gasteiger partial charge in [-0.15, -0.1) is 10.2 Å². The van der Waals surface area contributed by atoms with Gasteiger partial charge in [0.15, 0.2) is 10.2 Å². The Hall–Kier alpha value is -1.77. The molecule has 0 N–H and O–H groups in total. The molecule has 0 radical (unpaired) electrons. The normalized spacial score (nSPS) is 17.8. The van der Waals surface area contributed by atoms with Gasteiger partial charge in [-0.25, -0.2) is 4.98 Å². The van der Waals surface area contributed by atoms with Gasteiger partial charge in [-0.2, -0.15) is 4.37 Å². The molecule has 1 saturated heterocycles. The fraction of sp³-hybridized carbons (Fsp3) is 0.444. The molecule has 2 aliphatic rings. The van der Waals surface area contributed by atoms with E-state index in [4.69, 9.17) is 4.98 Å². The zero-order valence-corrected chi connectivity index (χ0v) is 16.0. The van der Waals surface area contributed by atoms with Crippen LogP contribution in [0, 0.1) is 0 Å². The lowest BCUT2D eigenvalue weighted by Crippen LogP contribution is -2.21. The van der Waals surface area contributed by atoms with E-state index < -0.39 is 0 Å². The van der Waals surface area contributed by atoms with Crippen LogP contribution in [0.1, 0.15) is 43.3 Å². The highest BCUT2D eigenvalue weighted by Gasteiger charge is 2.28. The average Bonchev–Trinajstić information content (AvgIpc) is 3.06. The smallest absolute Gasteiger partial charge is 0.203 e. The zero-order chi connectivity index (χ0) is 17.3. The first-order valence-electron chi connectivity index (χ1n) is 9.10. The highest BCUT2D eigenvalue weighted by Crippen LogP contribution is 2.40. The summed E-state index contributed by atoms with van der Waals surface area (Å²) in [5.74, 6) is 2.58. The van der Waals surface area contributed by atoms with Gasteiger partial charge < -0.3 is 0 Å². The van der Waals surface area contributed by atoms with Crippen LogP contribution in [0.3, 0.4) is 0 Å². The molecule has 0 amide bonds. The lowest BCUT2D eigenvalue weighted by Gasteiger charge is -2.15. The highest BCUT2D eigenvalue weighted by atomic mass is 32.2. The van der Waals surface area contributed by atoms with Gasteiger partial charge in [0.2, 0.25) is 5.16 Å². The van der Waals surface area contributed by atoms with E-state index in [0.29, 0.717) is 5.92 Å². The molecule has 2 aromatic heterocycles. The molecule has 3 aromatic rings. The maximum atomic E-state index is 4.69. The fourth-order valence-corrected chi connectivity index (χ4v) is 4.95. The average molecular weight is 385 g/mol. The predicted octanol–water partition coefficient (Wildman–Crippen LogP) is 3.74. The van der Waals surface area contributed by atoms with E-state index in [9.17, 15) is 0 Å². The van der Waals surface area contributed by atoms with E-state index in [1.54, 1.807) is 11.8 Å². The van der Waals surface area contributed by atoms with Crippen molar-refractivity contribution >= 4 is 23.3 Å². The van der Waals surface area contributed by atoms with Crippen molar-refractivity contribution in [1.29, 1.82) is 0 Å². The maximum absolute atomic E-state index is 4.69. The summed E-state index contributed by atoms with van der Waals surface area (Å²) in [4.78, 5) is 7.15. The van der Waals surface area contributed by atoms with Crippen molar-refractivity contribution < 1.29 is 0 Å². The fourth-order valence-electron chi connectivity index (χ4n) is 3.29. The lowest BCUT2D eigenvalue weighted by molar-refractivity contribution is 0.319. The molecule has 2 fully saturated rings. The van der Waals surface area contributed by atoms with Crippen LogP contribution in [0.5, 0.6) is 0 Å². The molecule has 26 heavy (non-hydrogen) atoms. The van der Waals surface area contributed by atoms with Crippen molar-refractivity contribution in [2.24, 2.45) is 0 Å². The summed E-state index contributed by atoms with van der Waals surface area (Å²) in [6, 6.07) is 10.4. The minimum Gasteiger partial charge on any atom is -0.296 e. The molecule has 0 spiro atoms. The van der Waals surface area contributed by atoms with Gasteiger partial charge in [0.05, 0.1) is 6.54 Å². The van der Waals surface area contributed by atoms with Gasteiger partial charge in [-0.1, -0.05) is 18.2 Å². The Labute approximate surface area is 160 Å². The van der Waals surface area contributed by atoms with Crippen molar-refractivity contribution in [3.05, 3.63) is 42.0 Å². The number of likely N-dealkylation sites (tertiary alicyclic amines) is 1. The van der Waals surface area contributed by atoms with E-state index in [2.05, 4.69) is 48.3 Å². The lowest BCUT2D eigenvalue weighted by atomic mass is 10.3. The van der Waals surface area contributed by atoms with Gasteiger partial charge in [0.1, 0.15) is 5.82 Å². The van der Waals surface area contributed by atoms with Crippen molar-refractivity contribution in [2.45, 2.75) is 47.6 Å². The maximum Gasteiger partial charge on any atom is 0.203 e. The molecule has 1 aromatic carbocycles. The third-order valence-corrected chi connectivity index (χ3v) is 6.53. The quantitative estimate of drug-likeness (QED) is 0.645. The summed E-state index contributed by atoms with van der Waals surface area (Å²) in [6.07, 6.45) is 4.99. The number of hydrogen-bond donors (Lipinski definition) is 0. The van der Waals surface area contributed by atoms with E-state index in [1.165, 1.54) is 37.2 Å². The topological polar surface area (TPSA) is 59.7 Å². The molecule has 134 valence electrons. The van der Waals surface area contributed by atoms with E-state index in [0.717, 1.165) is 46.5 Å². The number of nitrogens with zero attached hydrogens (tertiary/aromatic N) is 6. The summed E-state index contributed by atoms with van der Waals surface area (Å²) in [6.45, 7) is 3.13. The Bertz CT molecular complexity index is 880. The number of aromatic nitrogens is 5. The molecule has 0 unspecified atom stereocenters. The van der Waals surface area contributed by atoms with Crippen molar-refractivity contribution in [2.75, 3.05) is 13.1 Å². The zero-order valence-electron chi connectivity index (χ0n) is 14.4. The predicted molar refractivity (Wildman–Crippen MR) is 102 cm³/mol. The van der Waals surface area contributed by atoms with Crippen LogP contribution in [0.4, 0.5) is 0 Å². The van der Waals surface area contributed by atoms with Crippen LogP contribution in [0.25, 0.3) is 5.69 Å². The number of benzene rings is 1. The third-order valence-electron chi connectivity index (χ3n) is 4.82. The molecule has 1 aliphatic heterocycles. The van der Waals surface area contributed by atoms with Crippen LogP contribution in [-0.2, 0) is 6.54 Å². The Morgan fingerprint density at radius 1 is 1.08 bits per heavy atom. The van der Waals surface area contributed by atoms with Crippen LogP contribution in [0.2, 0.25) is 0 Å². The molecule has 0 atom stereocenters. The third kappa shape index (κ3) is 3.41. The molecular formula is C18H20N6S2. The summed E-state index contributed by atoms with van der Waals surface area (Å²) >= 11 is 3.04. The van der Waals surface area contributed by atoms with E-state index >= 15 is 0 Å². The largest absolute Gasteiger partial charge is 0.296 e. The first-order valence-corrected chi connectivity index (χ1v) is 10.7. The first kappa shape index (κ1) is 16.4. The Morgan fingerprint density at radius 3 is 2.65 bits per heavy atom. The van der Waals surface area contributed by atoms with Crippen molar-refractivity contribution in [3.63, 3.8) is 0 Å². The molecule has 5 rings (SSSR count). The Balaban J connectivity index is 1.46. The number of hydrogen-bond acceptors (Lipinski definition) is 7. The van der Waals surface area contributed by atoms with Crippen molar-refractivity contribution in [3.8, 4) is 5.69 Å². The molecule has 1 saturated carbocycles. The first-order chi connectivity index (χ1) is 12.9. The molecule has 6 nitrogen and oxygen atoms in total. The number of rotatable bonds is 6. The molecule has 3 heterocycles. The van der Waals surface area contributed by atoms with Crippen LogP contribution in [-0.4, -0.2) is 42.1 Å². The second kappa shape index (κ2) is 7.09. The summed E-state index contributed by atoms with van der Waals surface area (Å²) in [7, 11) is 0. The minimum absolute atomic E-state index is 0.582. The van der Waals surface area contributed by atoms with Gasteiger partial charge >= 0.3 is 0 Å². The SMILES string of the molecule is c1ccc(-n2c(CN3CCCC3)nnc2Sc2nc(C3CC3)ns2)cc1. The molecule has 0 bridgehead atoms. The Morgan fingerprint density at radius 2 is 1.88 bits per heavy atom. The summed E-state index contributed by atoms with van der Waals surface area (Å²) < 4.78 is 7.63. The second-order valence-electron chi connectivity index (χ2n) is 6.85.